The molecule has 0 radical (unpaired) electrons. The molecule has 1 aliphatic rings. The van der Waals surface area contributed by atoms with Crippen LogP contribution in [0.2, 0.25) is 0 Å². The number of nitrogens with one attached hydrogen (secondary N) is 1. The molecule has 0 aliphatic heterocycles. The van der Waals surface area contributed by atoms with Crippen LogP contribution in [0.1, 0.15) is 56.5 Å². The zero-order chi connectivity index (χ0) is 13.0. The molecule has 18 heavy (non-hydrogen) atoms. The highest BCUT2D eigenvalue weighted by molar-refractivity contribution is 14.1. The van der Waals surface area contributed by atoms with Crippen LogP contribution in [0.4, 0.5) is 0 Å². The van der Waals surface area contributed by atoms with E-state index in [1.807, 2.05) is 0 Å². The molecule has 0 bridgehead atoms. The maximum absolute atomic E-state index is 11.9. The van der Waals surface area contributed by atoms with E-state index in [0.29, 0.717) is 25.0 Å². The molecule has 1 fully saturated rings. The van der Waals surface area contributed by atoms with Crippen LogP contribution in [-0.4, -0.2) is 16.6 Å². The number of aromatic nitrogens is 2. The molecule has 1 aliphatic carbocycles. The smallest absolute Gasteiger partial charge is 0.264 e. The van der Waals surface area contributed by atoms with E-state index in [4.69, 9.17) is 4.74 Å². The second-order valence-corrected chi connectivity index (χ2v) is 5.82. The van der Waals surface area contributed by atoms with Gasteiger partial charge in [0.25, 0.3) is 5.56 Å². The fourth-order valence-electron chi connectivity index (χ4n) is 2.38. The predicted octanol–water partition coefficient (Wildman–Crippen LogP) is 2.96. The summed E-state index contributed by atoms with van der Waals surface area (Å²) in [6, 6.07) is 0. The largest absolute Gasteiger partial charge is 0.374 e. The van der Waals surface area contributed by atoms with Crippen LogP contribution in [0.5, 0.6) is 0 Å². The Morgan fingerprint density at radius 3 is 2.83 bits per heavy atom. The molecule has 0 aromatic carbocycles. The quantitative estimate of drug-likeness (QED) is 0.647. The van der Waals surface area contributed by atoms with Gasteiger partial charge in [-0.05, 0) is 41.9 Å². The summed E-state index contributed by atoms with van der Waals surface area (Å²) in [6.07, 6.45) is 5.78. The maximum Gasteiger partial charge on any atom is 0.264 e. The number of halogens is 1. The monoisotopic (exact) mass is 362 g/mol. The van der Waals surface area contributed by atoms with Gasteiger partial charge in [-0.3, -0.25) is 4.79 Å². The van der Waals surface area contributed by atoms with Gasteiger partial charge in [0.1, 0.15) is 12.4 Å². The average molecular weight is 362 g/mol. The van der Waals surface area contributed by atoms with E-state index in [0.717, 1.165) is 28.5 Å². The fraction of sp³-hybridized carbons (Fsp3) is 0.692. The highest BCUT2D eigenvalue weighted by Gasteiger charge is 2.22. The standard InChI is InChI=1S/C13H19IN2O2/c1-2-7-18-8-10-15-12(9-5-3-4-6-9)11(14)13(17)16-10/h9H,2-8H2,1H3,(H,15,16,17). The van der Waals surface area contributed by atoms with Gasteiger partial charge in [-0.25, -0.2) is 4.98 Å². The molecule has 0 amide bonds. The third-order valence-corrected chi connectivity index (χ3v) is 4.31. The summed E-state index contributed by atoms with van der Waals surface area (Å²) in [6.45, 7) is 3.17. The van der Waals surface area contributed by atoms with Crippen LogP contribution in [0.3, 0.4) is 0 Å². The van der Waals surface area contributed by atoms with Crippen molar-refractivity contribution in [3.8, 4) is 0 Å². The molecule has 2 rings (SSSR count). The molecule has 0 spiro atoms. The number of hydrogen-bond donors (Lipinski definition) is 1. The Hall–Kier alpha value is -0.430. The van der Waals surface area contributed by atoms with Crippen molar-refractivity contribution in [2.75, 3.05) is 6.61 Å². The Kier molecular flexibility index (Phi) is 5.17. The van der Waals surface area contributed by atoms with E-state index in [-0.39, 0.29) is 5.56 Å². The van der Waals surface area contributed by atoms with Crippen LogP contribution >= 0.6 is 22.6 Å². The number of aromatic amines is 1. The minimum atomic E-state index is -0.0254. The molecular weight excluding hydrogens is 343 g/mol. The van der Waals surface area contributed by atoms with Crippen molar-refractivity contribution in [3.63, 3.8) is 0 Å². The van der Waals surface area contributed by atoms with Crippen LogP contribution in [-0.2, 0) is 11.3 Å². The summed E-state index contributed by atoms with van der Waals surface area (Å²) in [5.41, 5.74) is 0.953. The molecule has 5 heteroatoms. The normalized spacial score (nSPS) is 16.3. The average Bonchev–Trinajstić information content (AvgIpc) is 2.87. The first kappa shape index (κ1) is 14.0. The van der Waals surface area contributed by atoms with E-state index in [9.17, 15) is 4.79 Å². The summed E-state index contributed by atoms with van der Waals surface area (Å²) >= 11 is 2.11. The van der Waals surface area contributed by atoms with Gasteiger partial charge in [-0.2, -0.15) is 0 Å². The minimum absolute atomic E-state index is 0.0254. The number of ether oxygens (including phenoxy) is 1. The van der Waals surface area contributed by atoms with Gasteiger partial charge < -0.3 is 9.72 Å². The number of rotatable bonds is 5. The van der Waals surface area contributed by atoms with Crippen molar-refractivity contribution in [3.05, 3.63) is 25.4 Å². The molecule has 0 saturated heterocycles. The third-order valence-electron chi connectivity index (χ3n) is 3.27. The Morgan fingerprint density at radius 1 is 1.44 bits per heavy atom. The molecule has 1 N–H and O–H groups in total. The Morgan fingerprint density at radius 2 is 2.17 bits per heavy atom. The number of H-pyrrole nitrogens is 1. The third kappa shape index (κ3) is 3.32. The van der Waals surface area contributed by atoms with Gasteiger partial charge in [-0.1, -0.05) is 19.8 Å². The van der Waals surface area contributed by atoms with E-state index in [2.05, 4.69) is 39.5 Å². The van der Waals surface area contributed by atoms with Crippen LogP contribution < -0.4 is 5.56 Å². The van der Waals surface area contributed by atoms with Gasteiger partial charge in [0.15, 0.2) is 0 Å². The SMILES string of the molecule is CCCOCc1nc(C2CCCC2)c(I)c(=O)[nH]1. The Labute approximate surface area is 121 Å². The van der Waals surface area contributed by atoms with Crippen molar-refractivity contribution in [2.24, 2.45) is 0 Å². The summed E-state index contributed by atoms with van der Waals surface area (Å²) in [4.78, 5) is 19.3. The lowest BCUT2D eigenvalue weighted by Gasteiger charge is -2.12. The molecule has 100 valence electrons. The summed E-state index contributed by atoms with van der Waals surface area (Å²) in [5.74, 6) is 1.12. The van der Waals surface area contributed by atoms with Crippen molar-refractivity contribution < 1.29 is 4.74 Å². The Bertz CT molecular complexity index is 453. The van der Waals surface area contributed by atoms with E-state index in [1.165, 1.54) is 12.8 Å². The molecule has 1 saturated carbocycles. The van der Waals surface area contributed by atoms with Gasteiger partial charge in [0, 0.05) is 12.5 Å². The maximum atomic E-state index is 11.9. The summed E-state index contributed by atoms with van der Waals surface area (Å²) in [7, 11) is 0. The van der Waals surface area contributed by atoms with Gasteiger partial charge in [0.2, 0.25) is 0 Å². The van der Waals surface area contributed by atoms with Gasteiger partial charge in [0.05, 0.1) is 9.26 Å². The van der Waals surface area contributed by atoms with E-state index in [1.54, 1.807) is 0 Å². The number of nitrogens with zero attached hydrogens (tertiary/aromatic N) is 1. The molecule has 4 nitrogen and oxygen atoms in total. The number of hydrogen-bond acceptors (Lipinski definition) is 3. The van der Waals surface area contributed by atoms with E-state index >= 15 is 0 Å². The predicted molar refractivity (Wildman–Crippen MR) is 78.7 cm³/mol. The van der Waals surface area contributed by atoms with Crippen molar-refractivity contribution >= 4 is 22.6 Å². The van der Waals surface area contributed by atoms with Crippen LogP contribution in [0.25, 0.3) is 0 Å². The first-order chi connectivity index (χ1) is 8.72. The van der Waals surface area contributed by atoms with Crippen molar-refractivity contribution in [2.45, 2.75) is 51.6 Å². The van der Waals surface area contributed by atoms with Crippen molar-refractivity contribution in [1.82, 2.24) is 9.97 Å². The second kappa shape index (κ2) is 6.65. The first-order valence-electron chi connectivity index (χ1n) is 6.58. The van der Waals surface area contributed by atoms with Crippen LogP contribution in [0.15, 0.2) is 4.79 Å². The first-order valence-corrected chi connectivity index (χ1v) is 7.66. The lowest BCUT2D eigenvalue weighted by atomic mass is 10.0. The van der Waals surface area contributed by atoms with E-state index < -0.39 is 0 Å². The molecule has 0 atom stereocenters. The fourth-order valence-corrected chi connectivity index (χ4v) is 3.07. The zero-order valence-corrected chi connectivity index (χ0v) is 12.8. The topological polar surface area (TPSA) is 55.0 Å². The molecule has 1 aromatic rings. The van der Waals surface area contributed by atoms with Crippen molar-refractivity contribution in [1.29, 1.82) is 0 Å². The molecule has 0 unspecified atom stereocenters. The second-order valence-electron chi connectivity index (χ2n) is 4.75. The highest BCUT2D eigenvalue weighted by Crippen LogP contribution is 2.34. The molecule has 1 aromatic heterocycles. The molecule has 1 heterocycles. The zero-order valence-electron chi connectivity index (χ0n) is 10.7. The summed E-state index contributed by atoms with van der Waals surface area (Å²) in [5, 5.41) is 0. The lowest BCUT2D eigenvalue weighted by Crippen LogP contribution is -2.20. The van der Waals surface area contributed by atoms with Gasteiger partial charge in [-0.15, -0.1) is 0 Å². The summed E-state index contributed by atoms with van der Waals surface area (Å²) < 4.78 is 6.20. The highest BCUT2D eigenvalue weighted by atomic mass is 127. The minimum Gasteiger partial charge on any atom is -0.374 e. The molecular formula is C13H19IN2O2. The van der Waals surface area contributed by atoms with Crippen LogP contribution in [0, 0.1) is 3.57 Å². The Balaban J connectivity index is 2.19. The van der Waals surface area contributed by atoms with Gasteiger partial charge >= 0.3 is 0 Å². The lowest BCUT2D eigenvalue weighted by molar-refractivity contribution is 0.115.